The fourth-order valence-electron chi connectivity index (χ4n) is 2.42. The van der Waals surface area contributed by atoms with Crippen LogP contribution in [0.4, 0.5) is 0 Å². The van der Waals surface area contributed by atoms with Gasteiger partial charge in [-0.15, -0.1) is 0 Å². The van der Waals surface area contributed by atoms with Crippen LogP contribution in [0.25, 0.3) is 10.8 Å². The Labute approximate surface area is 124 Å². The summed E-state index contributed by atoms with van der Waals surface area (Å²) in [4.78, 5) is 11.0. The molecule has 2 unspecified atom stereocenters. The third-order valence-corrected chi connectivity index (χ3v) is 3.34. The molecule has 0 radical (unpaired) electrons. The normalized spacial score (nSPS) is 13.4. The quantitative estimate of drug-likeness (QED) is 0.885. The average molecular weight is 281 g/mol. The molecule has 0 aliphatic rings. The second-order valence-electron chi connectivity index (χ2n) is 5.14. The van der Waals surface area contributed by atoms with Crippen molar-refractivity contribution in [2.45, 2.75) is 25.9 Å². The number of carbonyl (C=O) groups is 1. The molecule has 2 N–H and O–H groups in total. The summed E-state index contributed by atoms with van der Waals surface area (Å²) in [6.07, 6.45) is 0. The maximum Gasteiger partial charge on any atom is 0.217 e. The SMILES string of the molecule is CC(=O)NC(C)CNC(C#N)c1cccc2ccccc12. The molecule has 2 aromatic rings. The summed E-state index contributed by atoms with van der Waals surface area (Å²) in [5, 5.41) is 17.6. The van der Waals surface area contributed by atoms with Crippen molar-refractivity contribution in [1.82, 2.24) is 10.6 Å². The minimum Gasteiger partial charge on any atom is -0.353 e. The third kappa shape index (κ3) is 3.80. The number of rotatable bonds is 5. The number of fused-ring (bicyclic) bond motifs is 1. The molecule has 4 heteroatoms. The minimum absolute atomic E-state index is 0.0201. The van der Waals surface area contributed by atoms with Crippen LogP contribution in [0.2, 0.25) is 0 Å². The van der Waals surface area contributed by atoms with Gasteiger partial charge in [0.25, 0.3) is 0 Å². The van der Waals surface area contributed by atoms with Crippen molar-refractivity contribution >= 4 is 16.7 Å². The molecular formula is C17H19N3O. The Morgan fingerprint density at radius 3 is 2.67 bits per heavy atom. The lowest BCUT2D eigenvalue weighted by Gasteiger charge is -2.18. The fourth-order valence-corrected chi connectivity index (χ4v) is 2.42. The molecule has 2 aromatic carbocycles. The number of nitriles is 1. The van der Waals surface area contributed by atoms with Gasteiger partial charge in [0.2, 0.25) is 5.91 Å². The van der Waals surface area contributed by atoms with Crippen molar-refractivity contribution in [2.24, 2.45) is 0 Å². The largest absolute Gasteiger partial charge is 0.353 e. The van der Waals surface area contributed by atoms with Gasteiger partial charge in [-0.05, 0) is 23.3 Å². The van der Waals surface area contributed by atoms with E-state index in [1.54, 1.807) is 0 Å². The second-order valence-corrected chi connectivity index (χ2v) is 5.14. The summed E-state index contributed by atoms with van der Waals surface area (Å²) in [6.45, 7) is 3.94. The van der Waals surface area contributed by atoms with E-state index in [1.165, 1.54) is 6.92 Å². The van der Waals surface area contributed by atoms with Crippen LogP contribution in [0.5, 0.6) is 0 Å². The molecule has 0 heterocycles. The molecule has 2 rings (SSSR count). The lowest BCUT2D eigenvalue weighted by Crippen LogP contribution is -2.39. The van der Waals surface area contributed by atoms with E-state index in [0.29, 0.717) is 6.54 Å². The summed E-state index contributed by atoms with van der Waals surface area (Å²) >= 11 is 0. The van der Waals surface area contributed by atoms with Gasteiger partial charge >= 0.3 is 0 Å². The van der Waals surface area contributed by atoms with Crippen LogP contribution >= 0.6 is 0 Å². The average Bonchev–Trinajstić information content (AvgIpc) is 2.47. The Morgan fingerprint density at radius 2 is 1.95 bits per heavy atom. The van der Waals surface area contributed by atoms with Crippen molar-refractivity contribution in [2.75, 3.05) is 6.54 Å². The molecule has 4 nitrogen and oxygen atoms in total. The zero-order valence-electron chi connectivity index (χ0n) is 12.3. The molecule has 2 atom stereocenters. The standard InChI is InChI=1S/C17H19N3O/c1-12(20-13(2)21)11-19-17(10-18)16-9-5-7-14-6-3-4-8-15(14)16/h3-9,12,17,19H,11H2,1-2H3,(H,20,21). The predicted molar refractivity (Wildman–Crippen MR) is 83.6 cm³/mol. The Balaban J connectivity index is 2.17. The number of hydrogen-bond acceptors (Lipinski definition) is 3. The monoisotopic (exact) mass is 281 g/mol. The van der Waals surface area contributed by atoms with Crippen LogP contribution in [-0.4, -0.2) is 18.5 Å². The first kappa shape index (κ1) is 15.0. The van der Waals surface area contributed by atoms with Gasteiger partial charge in [-0.1, -0.05) is 42.5 Å². The third-order valence-electron chi connectivity index (χ3n) is 3.34. The van der Waals surface area contributed by atoms with Crippen LogP contribution in [0.1, 0.15) is 25.5 Å². The van der Waals surface area contributed by atoms with E-state index in [9.17, 15) is 10.1 Å². The predicted octanol–water partition coefficient (Wildman–Crippen LogP) is 2.52. The van der Waals surface area contributed by atoms with Gasteiger partial charge in [-0.3, -0.25) is 10.1 Å². The smallest absolute Gasteiger partial charge is 0.217 e. The van der Waals surface area contributed by atoms with Crippen LogP contribution in [0.15, 0.2) is 42.5 Å². The van der Waals surface area contributed by atoms with Crippen LogP contribution in [0, 0.1) is 11.3 Å². The molecule has 0 saturated heterocycles. The van der Waals surface area contributed by atoms with Crippen molar-refractivity contribution in [3.63, 3.8) is 0 Å². The van der Waals surface area contributed by atoms with E-state index >= 15 is 0 Å². The molecule has 0 fully saturated rings. The van der Waals surface area contributed by atoms with Crippen molar-refractivity contribution in [3.05, 3.63) is 48.0 Å². The number of nitrogens with zero attached hydrogens (tertiary/aromatic N) is 1. The van der Waals surface area contributed by atoms with Crippen molar-refractivity contribution in [3.8, 4) is 6.07 Å². The summed E-state index contributed by atoms with van der Waals surface area (Å²) < 4.78 is 0. The lowest BCUT2D eigenvalue weighted by molar-refractivity contribution is -0.119. The topological polar surface area (TPSA) is 64.9 Å². The number of carbonyl (C=O) groups excluding carboxylic acids is 1. The van der Waals surface area contributed by atoms with Gasteiger partial charge in [0, 0.05) is 19.5 Å². The summed E-state index contributed by atoms with van der Waals surface area (Å²) in [5.41, 5.74) is 0.964. The van der Waals surface area contributed by atoms with Gasteiger partial charge in [0.05, 0.1) is 6.07 Å². The molecule has 0 aromatic heterocycles. The molecule has 0 saturated carbocycles. The first-order chi connectivity index (χ1) is 10.1. The number of hydrogen-bond donors (Lipinski definition) is 2. The summed E-state index contributed by atoms with van der Waals surface area (Å²) in [6, 6.07) is 15.9. The maximum atomic E-state index is 11.0. The Bertz CT molecular complexity index is 670. The van der Waals surface area contributed by atoms with E-state index in [4.69, 9.17) is 0 Å². The van der Waals surface area contributed by atoms with Gasteiger partial charge in [-0.2, -0.15) is 5.26 Å². The van der Waals surface area contributed by atoms with Crippen LogP contribution < -0.4 is 10.6 Å². The molecule has 0 spiro atoms. The van der Waals surface area contributed by atoms with E-state index in [2.05, 4.69) is 16.7 Å². The minimum atomic E-state index is -0.396. The van der Waals surface area contributed by atoms with Crippen LogP contribution in [-0.2, 0) is 4.79 Å². The zero-order valence-corrected chi connectivity index (χ0v) is 12.3. The Morgan fingerprint density at radius 1 is 1.24 bits per heavy atom. The number of amides is 1. The van der Waals surface area contributed by atoms with Crippen molar-refractivity contribution < 1.29 is 4.79 Å². The molecule has 21 heavy (non-hydrogen) atoms. The summed E-state index contributed by atoms with van der Waals surface area (Å²) in [7, 11) is 0. The molecule has 0 aliphatic heterocycles. The molecule has 0 bridgehead atoms. The first-order valence-corrected chi connectivity index (χ1v) is 6.99. The zero-order chi connectivity index (χ0) is 15.2. The van der Waals surface area contributed by atoms with E-state index < -0.39 is 6.04 Å². The van der Waals surface area contributed by atoms with Crippen molar-refractivity contribution in [1.29, 1.82) is 5.26 Å². The molecular weight excluding hydrogens is 262 g/mol. The highest BCUT2D eigenvalue weighted by atomic mass is 16.1. The first-order valence-electron chi connectivity index (χ1n) is 6.99. The van der Waals surface area contributed by atoms with E-state index in [1.807, 2.05) is 49.4 Å². The Hall–Kier alpha value is -2.38. The fraction of sp³-hybridized carbons (Fsp3) is 0.294. The highest BCUT2D eigenvalue weighted by Gasteiger charge is 2.14. The lowest BCUT2D eigenvalue weighted by atomic mass is 9.99. The van der Waals surface area contributed by atoms with E-state index in [0.717, 1.165) is 16.3 Å². The van der Waals surface area contributed by atoms with Crippen LogP contribution in [0.3, 0.4) is 0 Å². The van der Waals surface area contributed by atoms with Gasteiger partial charge in [0.15, 0.2) is 0 Å². The number of nitrogens with one attached hydrogen (secondary N) is 2. The summed E-state index contributed by atoms with van der Waals surface area (Å²) in [5.74, 6) is -0.0667. The number of benzene rings is 2. The maximum absolute atomic E-state index is 11.0. The van der Waals surface area contributed by atoms with E-state index in [-0.39, 0.29) is 11.9 Å². The van der Waals surface area contributed by atoms with Gasteiger partial charge in [-0.25, -0.2) is 0 Å². The highest BCUT2D eigenvalue weighted by Crippen LogP contribution is 2.23. The Kier molecular flexibility index (Phi) is 4.91. The molecule has 0 aliphatic carbocycles. The molecule has 1 amide bonds. The van der Waals surface area contributed by atoms with Gasteiger partial charge < -0.3 is 5.32 Å². The van der Waals surface area contributed by atoms with Gasteiger partial charge in [0.1, 0.15) is 6.04 Å². The second kappa shape index (κ2) is 6.87. The molecule has 108 valence electrons. The highest BCUT2D eigenvalue weighted by molar-refractivity contribution is 5.86.